The maximum absolute atomic E-state index is 13.6. The Kier molecular flexibility index (Phi) is 6.06. The molecular formula is C17H14F2INO2S. The van der Waals surface area contributed by atoms with Crippen LogP contribution in [0.25, 0.3) is 0 Å². The summed E-state index contributed by atoms with van der Waals surface area (Å²) in [5.41, 5.74) is -1.68. The fourth-order valence-electron chi connectivity index (χ4n) is 2.38. The second kappa shape index (κ2) is 7.68. The van der Waals surface area contributed by atoms with Crippen molar-refractivity contribution in [2.45, 2.75) is 18.9 Å². The molecule has 0 aliphatic heterocycles. The van der Waals surface area contributed by atoms with E-state index in [1.807, 2.05) is 21.2 Å². The average Bonchev–Trinajstić information content (AvgIpc) is 2.52. The molecule has 0 aliphatic rings. The van der Waals surface area contributed by atoms with Gasteiger partial charge in [0.2, 0.25) is 0 Å². The quantitative estimate of drug-likeness (QED) is 0.561. The highest BCUT2D eigenvalue weighted by atomic mass is 127. The van der Waals surface area contributed by atoms with Crippen molar-refractivity contribution >= 4 is 30.1 Å². The number of benzene rings is 1. The van der Waals surface area contributed by atoms with Gasteiger partial charge in [-0.1, -0.05) is 5.92 Å². The Hall–Kier alpha value is -1.37. The van der Waals surface area contributed by atoms with Crippen LogP contribution >= 0.6 is 30.1 Å². The van der Waals surface area contributed by atoms with Crippen LogP contribution in [0.15, 0.2) is 35.1 Å². The van der Waals surface area contributed by atoms with Crippen LogP contribution in [-0.4, -0.2) is 9.67 Å². The molecule has 1 aromatic heterocycles. The van der Waals surface area contributed by atoms with Crippen LogP contribution in [0.2, 0.25) is 0 Å². The molecule has 7 heteroatoms. The maximum Gasteiger partial charge on any atom is 0.256 e. The number of pyridine rings is 1. The Labute approximate surface area is 154 Å². The minimum Gasteiger partial charge on any atom is -0.379 e. The highest BCUT2D eigenvalue weighted by molar-refractivity contribution is 14.2. The summed E-state index contributed by atoms with van der Waals surface area (Å²) in [4.78, 5) is 12.6. The molecule has 3 nitrogen and oxygen atoms in total. The third-order valence-corrected chi connectivity index (χ3v) is 4.68. The first kappa shape index (κ1) is 19.0. The van der Waals surface area contributed by atoms with E-state index in [4.69, 9.17) is 0 Å². The molecule has 0 radical (unpaired) electrons. The molecule has 1 N–H and O–H groups in total. The first-order valence-corrected chi connectivity index (χ1v) is 10.3. The molecule has 1 aromatic carbocycles. The summed E-state index contributed by atoms with van der Waals surface area (Å²) in [5.74, 6) is 1.08. The minimum absolute atomic E-state index is 0.0216. The van der Waals surface area contributed by atoms with E-state index >= 15 is 0 Å². The zero-order valence-electron chi connectivity index (χ0n) is 12.9. The smallest absolute Gasteiger partial charge is 0.256 e. The van der Waals surface area contributed by atoms with Crippen LogP contribution < -0.4 is 5.56 Å². The number of aliphatic hydroxyl groups is 1. The van der Waals surface area contributed by atoms with E-state index in [2.05, 4.69) is 11.2 Å². The van der Waals surface area contributed by atoms with Gasteiger partial charge in [0.25, 0.3) is 5.56 Å². The lowest BCUT2D eigenvalue weighted by Gasteiger charge is -2.27. The van der Waals surface area contributed by atoms with Crippen molar-refractivity contribution in [1.82, 2.24) is 4.57 Å². The normalized spacial score (nSPS) is 13.1. The molecule has 1 heterocycles. The minimum atomic E-state index is -1.91. The van der Waals surface area contributed by atoms with Crippen molar-refractivity contribution in [1.29, 1.82) is 0 Å². The Balaban J connectivity index is 2.72. The lowest BCUT2D eigenvalue weighted by Crippen LogP contribution is -2.36. The van der Waals surface area contributed by atoms with E-state index in [0.717, 1.165) is 12.1 Å². The van der Waals surface area contributed by atoms with Crippen molar-refractivity contribution in [2.75, 3.05) is 0 Å². The van der Waals surface area contributed by atoms with Gasteiger partial charge in [0, 0.05) is 46.4 Å². The van der Waals surface area contributed by atoms with Crippen LogP contribution in [0, 0.1) is 29.7 Å². The summed E-state index contributed by atoms with van der Waals surface area (Å²) in [6.07, 6.45) is -0.163. The molecule has 0 saturated carbocycles. The van der Waals surface area contributed by atoms with Gasteiger partial charge in [-0.2, -0.15) is 0 Å². The van der Waals surface area contributed by atoms with Crippen LogP contribution in [0.3, 0.4) is 0 Å². The summed E-state index contributed by atoms with van der Waals surface area (Å²) < 4.78 is 28.6. The lowest BCUT2D eigenvalue weighted by molar-refractivity contribution is 0.0837. The fourth-order valence-corrected chi connectivity index (χ4v) is 2.97. The number of halogens is 3. The summed E-state index contributed by atoms with van der Waals surface area (Å²) in [6, 6.07) is 5.88. The van der Waals surface area contributed by atoms with Gasteiger partial charge in [0.15, 0.2) is 0 Å². The topological polar surface area (TPSA) is 42.2 Å². The fraction of sp³-hybridized carbons (Fsp3) is 0.235. The predicted octanol–water partition coefficient (Wildman–Crippen LogP) is 3.64. The third-order valence-electron chi connectivity index (χ3n) is 3.80. The zero-order chi connectivity index (χ0) is 17.9. The summed E-state index contributed by atoms with van der Waals surface area (Å²) >= 11 is 1.97. The average molecular weight is 461 g/mol. The summed E-state index contributed by atoms with van der Waals surface area (Å²) in [7, 11) is 2.78. The molecule has 2 rings (SSSR count). The van der Waals surface area contributed by atoms with Crippen LogP contribution in [-0.2, 0) is 12.6 Å². The standard InChI is InChI=1S/C17H14F2INO2S/c1-11-4-5-15(16(22)21(11)2)17(23,6-3-7-24-20)12-8-13(18)10-14(19)9-12/h4-5,8-10,23H,6H2,1-2H3. The maximum atomic E-state index is 13.6. The number of aryl methyl sites for hydroxylation is 1. The van der Waals surface area contributed by atoms with E-state index in [1.165, 1.54) is 19.6 Å². The van der Waals surface area contributed by atoms with Gasteiger partial charge < -0.3 is 9.67 Å². The van der Waals surface area contributed by atoms with E-state index in [1.54, 1.807) is 20.0 Å². The van der Waals surface area contributed by atoms with Gasteiger partial charge in [-0.25, -0.2) is 8.78 Å². The van der Waals surface area contributed by atoms with Crippen molar-refractivity contribution in [3.05, 3.63) is 69.1 Å². The Morgan fingerprint density at radius 2 is 1.92 bits per heavy atom. The number of rotatable bonds is 3. The van der Waals surface area contributed by atoms with E-state index in [-0.39, 0.29) is 17.5 Å². The Morgan fingerprint density at radius 1 is 1.29 bits per heavy atom. The zero-order valence-corrected chi connectivity index (χ0v) is 15.9. The second-order valence-corrected chi connectivity index (χ2v) is 6.98. The van der Waals surface area contributed by atoms with Gasteiger partial charge >= 0.3 is 0 Å². The van der Waals surface area contributed by atoms with E-state index < -0.39 is 22.8 Å². The molecule has 0 saturated heterocycles. The predicted molar refractivity (Wildman–Crippen MR) is 99.8 cm³/mol. The van der Waals surface area contributed by atoms with Gasteiger partial charge in [-0.3, -0.25) is 4.79 Å². The number of hydrogen-bond donors (Lipinski definition) is 1. The van der Waals surface area contributed by atoms with Gasteiger partial charge in [0.1, 0.15) is 17.2 Å². The van der Waals surface area contributed by atoms with Gasteiger partial charge in [0.05, 0.1) is 5.56 Å². The monoisotopic (exact) mass is 461 g/mol. The molecule has 126 valence electrons. The lowest BCUT2D eigenvalue weighted by atomic mass is 9.84. The van der Waals surface area contributed by atoms with Crippen LogP contribution in [0.1, 0.15) is 23.2 Å². The summed E-state index contributed by atoms with van der Waals surface area (Å²) in [5, 5.41) is 13.9. The summed E-state index contributed by atoms with van der Waals surface area (Å²) in [6.45, 7) is 1.75. The first-order valence-electron chi connectivity index (χ1n) is 6.91. The van der Waals surface area contributed by atoms with E-state index in [0.29, 0.717) is 11.8 Å². The molecule has 24 heavy (non-hydrogen) atoms. The molecule has 0 fully saturated rings. The Bertz CT molecular complexity index is 868. The Morgan fingerprint density at radius 3 is 2.50 bits per heavy atom. The van der Waals surface area contributed by atoms with Gasteiger partial charge in [-0.15, -0.1) is 0 Å². The van der Waals surface area contributed by atoms with Crippen molar-refractivity contribution in [3.8, 4) is 11.2 Å². The third kappa shape index (κ3) is 3.82. The molecule has 0 aliphatic carbocycles. The van der Waals surface area contributed by atoms with Crippen LogP contribution in [0.4, 0.5) is 8.78 Å². The van der Waals surface area contributed by atoms with Crippen molar-refractivity contribution in [3.63, 3.8) is 0 Å². The van der Waals surface area contributed by atoms with Crippen molar-refractivity contribution in [2.24, 2.45) is 7.05 Å². The van der Waals surface area contributed by atoms with Crippen LogP contribution in [0.5, 0.6) is 0 Å². The van der Waals surface area contributed by atoms with E-state index in [9.17, 15) is 18.7 Å². The number of hydrogen-bond acceptors (Lipinski definition) is 3. The highest BCUT2D eigenvalue weighted by Gasteiger charge is 2.35. The first-order chi connectivity index (χ1) is 11.3. The van der Waals surface area contributed by atoms with Crippen molar-refractivity contribution < 1.29 is 13.9 Å². The second-order valence-electron chi connectivity index (χ2n) is 5.30. The molecule has 0 bridgehead atoms. The van der Waals surface area contributed by atoms with Gasteiger partial charge in [-0.05, 0) is 50.9 Å². The molecule has 2 aromatic rings. The molecule has 1 atom stereocenters. The largest absolute Gasteiger partial charge is 0.379 e. The molecule has 1 unspecified atom stereocenters. The SMILES string of the molecule is Cc1ccc(C(O)(CC#CSI)c2cc(F)cc(F)c2)c(=O)n1C. The molecule has 0 amide bonds. The number of aromatic nitrogens is 1. The number of nitrogens with zero attached hydrogens (tertiary/aromatic N) is 1. The highest BCUT2D eigenvalue weighted by Crippen LogP contribution is 2.32. The molecular weight excluding hydrogens is 447 g/mol. The molecule has 0 spiro atoms.